The van der Waals surface area contributed by atoms with Crippen LogP contribution < -0.4 is 5.32 Å². The molecule has 0 saturated heterocycles. The molecule has 1 aromatic heterocycles. The molecule has 0 fully saturated rings. The van der Waals surface area contributed by atoms with Crippen molar-refractivity contribution in [1.82, 2.24) is 0 Å². The van der Waals surface area contributed by atoms with Crippen LogP contribution in [-0.2, 0) is 20.7 Å². The molecule has 1 heterocycles. The van der Waals surface area contributed by atoms with E-state index in [9.17, 15) is 14.7 Å². The Labute approximate surface area is 158 Å². The van der Waals surface area contributed by atoms with Gasteiger partial charge in [-0.1, -0.05) is 23.2 Å². The Balaban J connectivity index is 1.56. The highest BCUT2D eigenvalue weighted by Crippen LogP contribution is 2.26. The molecule has 0 aliphatic rings. The van der Waals surface area contributed by atoms with Crippen LogP contribution in [0, 0.1) is 0 Å². The first-order valence-electron chi connectivity index (χ1n) is 7.52. The number of anilines is 1. The Morgan fingerprint density at radius 1 is 1.15 bits per heavy atom. The van der Waals surface area contributed by atoms with Crippen molar-refractivity contribution in [1.29, 1.82) is 0 Å². The van der Waals surface area contributed by atoms with Gasteiger partial charge in [0.15, 0.2) is 6.61 Å². The summed E-state index contributed by atoms with van der Waals surface area (Å²) in [5.74, 6) is -1.06. The van der Waals surface area contributed by atoms with Crippen molar-refractivity contribution in [3.63, 3.8) is 0 Å². The maximum absolute atomic E-state index is 12.0. The Kier molecular flexibility index (Phi) is 5.35. The lowest BCUT2D eigenvalue weighted by atomic mass is 10.1. The lowest BCUT2D eigenvalue weighted by Crippen LogP contribution is -2.21. The van der Waals surface area contributed by atoms with Crippen LogP contribution in [0.3, 0.4) is 0 Å². The topological polar surface area (TPSA) is 88.8 Å². The molecule has 0 atom stereocenters. The molecule has 3 rings (SSSR count). The number of rotatable bonds is 5. The molecule has 0 aliphatic carbocycles. The molecule has 134 valence electrons. The number of hydrogen-bond donors (Lipinski definition) is 2. The fourth-order valence-electron chi connectivity index (χ4n) is 2.34. The summed E-state index contributed by atoms with van der Waals surface area (Å²) in [6, 6.07) is 9.23. The normalized spacial score (nSPS) is 10.7. The number of carbonyl (C=O) groups excluding carboxylic acids is 2. The number of esters is 1. The van der Waals surface area contributed by atoms with Gasteiger partial charge < -0.3 is 19.6 Å². The molecular formula is C18H13Cl2NO5. The van der Waals surface area contributed by atoms with Gasteiger partial charge in [-0.05, 0) is 30.3 Å². The summed E-state index contributed by atoms with van der Waals surface area (Å²) in [5, 5.41) is 13.4. The highest BCUT2D eigenvalue weighted by Gasteiger charge is 2.14. The SMILES string of the molecule is O=C(COC(=O)Cc1coc2cc(O)ccc12)Nc1cc(Cl)ccc1Cl. The highest BCUT2D eigenvalue weighted by molar-refractivity contribution is 6.35. The van der Waals surface area contributed by atoms with Crippen LogP contribution in [0.2, 0.25) is 10.0 Å². The largest absolute Gasteiger partial charge is 0.508 e. The van der Waals surface area contributed by atoms with E-state index in [0.29, 0.717) is 32.3 Å². The zero-order chi connectivity index (χ0) is 18.7. The van der Waals surface area contributed by atoms with Crippen LogP contribution in [0.4, 0.5) is 5.69 Å². The van der Waals surface area contributed by atoms with E-state index in [1.54, 1.807) is 18.2 Å². The first-order chi connectivity index (χ1) is 12.4. The number of amides is 1. The average Bonchev–Trinajstić information content (AvgIpc) is 2.98. The molecule has 0 radical (unpaired) electrons. The van der Waals surface area contributed by atoms with Gasteiger partial charge in [0.1, 0.15) is 11.3 Å². The third-order valence-corrected chi connectivity index (χ3v) is 4.11. The second-order valence-corrected chi connectivity index (χ2v) is 6.29. The number of carbonyl (C=O) groups is 2. The van der Waals surface area contributed by atoms with Crippen molar-refractivity contribution >= 4 is 51.7 Å². The number of phenolic OH excluding ortho intramolecular Hbond substituents is 1. The van der Waals surface area contributed by atoms with E-state index in [1.165, 1.54) is 24.5 Å². The minimum absolute atomic E-state index is 0.0665. The molecule has 6 nitrogen and oxygen atoms in total. The Bertz CT molecular complexity index is 983. The second kappa shape index (κ2) is 7.68. The number of fused-ring (bicyclic) bond motifs is 1. The molecule has 2 aromatic carbocycles. The lowest BCUT2D eigenvalue weighted by Gasteiger charge is -2.08. The predicted octanol–water partition coefficient (Wildman–Crippen LogP) is 4.17. The van der Waals surface area contributed by atoms with Gasteiger partial charge in [0.05, 0.1) is 23.4 Å². The molecule has 3 aromatic rings. The number of aromatic hydroxyl groups is 1. The summed E-state index contributed by atoms with van der Waals surface area (Å²) in [5.41, 5.74) is 1.39. The van der Waals surface area contributed by atoms with Crippen LogP contribution >= 0.6 is 23.2 Å². The zero-order valence-electron chi connectivity index (χ0n) is 13.3. The third-order valence-electron chi connectivity index (χ3n) is 3.54. The quantitative estimate of drug-likeness (QED) is 0.634. The van der Waals surface area contributed by atoms with Crippen molar-refractivity contribution in [2.24, 2.45) is 0 Å². The summed E-state index contributed by atoms with van der Waals surface area (Å²) < 4.78 is 10.3. The fraction of sp³-hybridized carbons (Fsp3) is 0.111. The van der Waals surface area contributed by atoms with E-state index in [0.717, 1.165) is 0 Å². The number of hydrogen-bond acceptors (Lipinski definition) is 5. The number of phenols is 1. The number of benzene rings is 2. The summed E-state index contributed by atoms with van der Waals surface area (Å²) in [4.78, 5) is 23.9. The van der Waals surface area contributed by atoms with Crippen LogP contribution in [0.5, 0.6) is 5.75 Å². The predicted molar refractivity (Wildman–Crippen MR) is 97.6 cm³/mol. The van der Waals surface area contributed by atoms with Gasteiger partial charge in [0.2, 0.25) is 0 Å². The van der Waals surface area contributed by atoms with Gasteiger partial charge in [-0.3, -0.25) is 9.59 Å². The molecule has 1 amide bonds. The monoisotopic (exact) mass is 393 g/mol. The minimum atomic E-state index is -0.590. The van der Waals surface area contributed by atoms with Crippen LogP contribution in [0.25, 0.3) is 11.0 Å². The molecule has 0 unspecified atom stereocenters. The molecule has 8 heteroatoms. The summed E-state index contributed by atoms with van der Waals surface area (Å²) in [6.45, 7) is -0.460. The highest BCUT2D eigenvalue weighted by atomic mass is 35.5. The first kappa shape index (κ1) is 18.1. The van der Waals surface area contributed by atoms with Gasteiger partial charge in [-0.25, -0.2) is 0 Å². The number of halogens is 2. The Morgan fingerprint density at radius 2 is 1.96 bits per heavy atom. The first-order valence-corrected chi connectivity index (χ1v) is 8.27. The maximum Gasteiger partial charge on any atom is 0.310 e. The van der Waals surface area contributed by atoms with Crippen LogP contribution in [-0.4, -0.2) is 23.6 Å². The Hall–Kier alpha value is -2.70. The lowest BCUT2D eigenvalue weighted by molar-refractivity contribution is -0.146. The smallest absolute Gasteiger partial charge is 0.310 e. The summed E-state index contributed by atoms with van der Waals surface area (Å²) in [6.07, 6.45) is 1.35. The summed E-state index contributed by atoms with van der Waals surface area (Å²) in [7, 11) is 0. The summed E-state index contributed by atoms with van der Waals surface area (Å²) >= 11 is 11.8. The molecule has 0 spiro atoms. The standard InChI is InChI=1S/C18H13Cl2NO5/c19-11-1-4-14(20)15(6-11)21-17(23)9-26-18(24)5-10-8-25-16-7-12(22)2-3-13(10)16/h1-4,6-8,22H,5,9H2,(H,21,23). The van der Waals surface area contributed by atoms with E-state index in [4.69, 9.17) is 32.4 Å². The molecule has 0 aliphatic heterocycles. The van der Waals surface area contributed by atoms with Crippen LogP contribution in [0.15, 0.2) is 47.1 Å². The van der Waals surface area contributed by atoms with Gasteiger partial charge in [-0.15, -0.1) is 0 Å². The maximum atomic E-state index is 12.0. The van der Waals surface area contributed by atoms with Crippen molar-refractivity contribution in [2.75, 3.05) is 11.9 Å². The van der Waals surface area contributed by atoms with Crippen molar-refractivity contribution < 1.29 is 23.8 Å². The van der Waals surface area contributed by atoms with Gasteiger partial charge in [-0.2, -0.15) is 0 Å². The van der Waals surface area contributed by atoms with Gasteiger partial charge >= 0.3 is 5.97 Å². The number of furan rings is 1. The van der Waals surface area contributed by atoms with E-state index >= 15 is 0 Å². The van der Waals surface area contributed by atoms with Crippen LogP contribution in [0.1, 0.15) is 5.56 Å². The molecule has 2 N–H and O–H groups in total. The van der Waals surface area contributed by atoms with E-state index in [-0.39, 0.29) is 12.2 Å². The Morgan fingerprint density at radius 3 is 2.77 bits per heavy atom. The van der Waals surface area contributed by atoms with E-state index in [1.807, 2.05) is 0 Å². The number of nitrogens with one attached hydrogen (secondary N) is 1. The van der Waals surface area contributed by atoms with Crippen molar-refractivity contribution in [2.45, 2.75) is 6.42 Å². The number of ether oxygens (including phenoxy) is 1. The van der Waals surface area contributed by atoms with Gasteiger partial charge in [0, 0.05) is 22.0 Å². The molecule has 26 heavy (non-hydrogen) atoms. The average molecular weight is 394 g/mol. The van der Waals surface area contributed by atoms with Gasteiger partial charge in [0.25, 0.3) is 5.91 Å². The fourth-order valence-corrected chi connectivity index (χ4v) is 2.68. The third kappa shape index (κ3) is 4.28. The van der Waals surface area contributed by atoms with Crippen molar-refractivity contribution in [3.8, 4) is 5.75 Å². The minimum Gasteiger partial charge on any atom is -0.508 e. The molecular weight excluding hydrogens is 381 g/mol. The molecule has 0 saturated carbocycles. The van der Waals surface area contributed by atoms with E-state index in [2.05, 4.69) is 5.32 Å². The molecule has 0 bridgehead atoms. The van der Waals surface area contributed by atoms with E-state index < -0.39 is 18.5 Å². The zero-order valence-corrected chi connectivity index (χ0v) is 14.8. The second-order valence-electron chi connectivity index (χ2n) is 5.45. The van der Waals surface area contributed by atoms with Crippen molar-refractivity contribution in [3.05, 3.63) is 58.3 Å².